The molecule has 1 aromatic heterocycles. The molecule has 5 aromatic rings. The molecule has 0 aliphatic carbocycles. The lowest BCUT2D eigenvalue weighted by Crippen LogP contribution is -2.31. The zero-order valence-corrected chi connectivity index (χ0v) is 25.0. The van der Waals surface area contributed by atoms with Crippen molar-refractivity contribution < 1.29 is 19.4 Å². The van der Waals surface area contributed by atoms with Gasteiger partial charge in [-0.25, -0.2) is 0 Å². The van der Waals surface area contributed by atoms with E-state index in [1.807, 2.05) is 42.5 Å². The van der Waals surface area contributed by atoms with Crippen molar-refractivity contribution in [3.05, 3.63) is 155 Å². The average Bonchev–Trinajstić information content (AvgIpc) is 3.10. The molecule has 3 atom stereocenters. The highest BCUT2D eigenvalue weighted by atomic mass is 32.2. The van der Waals surface area contributed by atoms with Crippen LogP contribution in [-0.2, 0) is 22.6 Å². The van der Waals surface area contributed by atoms with Gasteiger partial charge in [0, 0.05) is 41.6 Å². The number of ether oxygens (including phenoxy) is 2. The van der Waals surface area contributed by atoms with E-state index in [1.54, 1.807) is 36.3 Å². The van der Waals surface area contributed by atoms with Crippen molar-refractivity contribution in [2.24, 2.45) is 0 Å². The van der Waals surface area contributed by atoms with Crippen molar-refractivity contribution in [3.8, 4) is 11.1 Å². The first kappa shape index (κ1) is 29.8. The number of aromatic nitrogens is 1. The first-order valence-electron chi connectivity index (χ1n) is 14.7. The second-order valence-electron chi connectivity index (χ2n) is 10.7. The zero-order chi connectivity index (χ0) is 30.1. The molecule has 0 bridgehead atoms. The topological polar surface area (TPSA) is 80.7 Å². The quantitative estimate of drug-likeness (QED) is 0.161. The van der Waals surface area contributed by atoms with Crippen molar-refractivity contribution in [2.75, 3.05) is 5.75 Å². The number of pyridine rings is 1. The van der Waals surface area contributed by atoms with Gasteiger partial charge in [0.05, 0.1) is 24.4 Å². The van der Waals surface area contributed by atoms with Gasteiger partial charge in [-0.3, -0.25) is 9.78 Å². The maximum Gasteiger partial charge on any atom is 0.253 e. The molecule has 44 heavy (non-hydrogen) atoms. The predicted octanol–water partition coefficient (Wildman–Crippen LogP) is 7.51. The highest BCUT2D eigenvalue weighted by Crippen LogP contribution is 2.40. The van der Waals surface area contributed by atoms with Gasteiger partial charge in [-0.2, -0.15) is 0 Å². The van der Waals surface area contributed by atoms with Crippen molar-refractivity contribution in [3.63, 3.8) is 0 Å². The number of nitrogens with one attached hydrogen (secondary N) is 1. The minimum Gasteiger partial charge on any atom is -0.392 e. The summed E-state index contributed by atoms with van der Waals surface area (Å²) in [6, 6.07) is 38.3. The molecule has 7 heteroatoms. The first-order chi connectivity index (χ1) is 21.6. The molecule has 1 amide bonds. The monoisotopic (exact) mass is 602 g/mol. The van der Waals surface area contributed by atoms with E-state index in [2.05, 4.69) is 71.0 Å². The number of rotatable bonds is 10. The molecule has 1 aliphatic rings. The van der Waals surface area contributed by atoms with E-state index in [0.717, 1.165) is 45.6 Å². The minimum absolute atomic E-state index is 0.000268. The summed E-state index contributed by atoms with van der Waals surface area (Å²) in [7, 11) is 0. The van der Waals surface area contributed by atoms with E-state index in [9.17, 15) is 9.90 Å². The third kappa shape index (κ3) is 7.62. The smallest absolute Gasteiger partial charge is 0.253 e. The van der Waals surface area contributed by atoms with E-state index in [-0.39, 0.29) is 24.7 Å². The summed E-state index contributed by atoms with van der Waals surface area (Å²) in [5.41, 5.74) is 6.60. The molecule has 222 valence electrons. The van der Waals surface area contributed by atoms with Gasteiger partial charge >= 0.3 is 0 Å². The normalized spacial score (nSPS) is 18.1. The van der Waals surface area contributed by atoms with Crippen molar-refractivity contribution in [2.45, 2.75) is 43.0 Å². The Kier molecular flexibility index (Phi) is 9.79. The Morgan fingerprint density at radius 3 is 2.36 bits per heavy atom. The van der Waals surface area contributed by atoms with Gasteiger partial charge in [0.15, 0.2) is 6.29 Å². The van der Waals surface area contributed by atoms with Gasteiger partial charge in [0.1, 0.15) is 0 Å². The Bertz CT molecular complexity index is 1650. The lowest BCUT2D eigenvalue weighted by Gasteiger charge is -2.36. The average molecular weight is 603 g/mol. The molecule has 0 spiro atoms. The third-order valence-electron chi connectivity index (χ3n) is 7.61. The maximum atomic E-state index is 12.5. The Labute approximate surface area is 262 Å². The van der Waals surface area contributed by atoms with E-state index < -0.39 is 6.29 Å². The number of aliphatic hydroxyl groups excluding tert-OH is 1. The van der Waals surface area contributed by atoms with Crippen LogP contribution in [-0.4, -0.2) is 27.9 Å². The lowest BCUT2D eigenvalue weighted by atomic mass is 9.99. The van der Waals surface area contributed by atoms with Crippen LogP contribution in [0.1, 0.15) is 51.4 Å². The summed E-state index contributed by atoms with van der Waals surface area (Å²) in [4.78, 5) is 17.7. The van der Waals surface area contributed by atoms with Crippen molar-refractivity contribution >= 4 is 17.7 Å². The fourth-order valence-electron chi connectivity index (χ4n) is 5.20. The Morgan fingerprint density at radius 1 is 0.818 bits per heavy atom. The van der Waals surface area contributed by atoms with E-state index in [4.69, 9.17) is 9.47 Å². The fourth-order valence-corrected chi connectivity index (χ4v) is 6.15. The van der Waals surface area contributed by atoms with Crippen LogP contribution in [0, 0.1) is 0 Å². The number of nitrogens with zero attached hydrogens (tertiary/aromatic N) is 1. The molecule has 4 aromatic carbocycles. The Hall–Kier alpha value is -4.27. The van der Waals surface area contributed by atoms with Gasteiger partial charge in [0.25, 0.3) is 5.91 Å². The van der Waals surface area contributed by atoms with Gasteiger partial charge in [-0.05, 0) is 58.1 Å². The number of benzene rings is 4. The number of carbonyl (C=O) groups excluding carboxylic acids is 1. The van der Waals surface area contributed by atoms with Crippen LogP contribution < -0.4 is 5.32 Å². The molecule has 3 unspecified atom stereocenters. The van der Waals surface area contributed by atoms with Crippen LogP contribution >= 0.6 is 11.8 Å². The van der Waals surface area contributed by atoms with E-state index in [0.29, 0.717) is 12.1 Å². The molecule has 1 aliphatic heterocycles. The summed E-state index contributed by atoms with van der Waals surface area (Å²) in [5, 5.41) is 12.5. The number of amides is 1. The molecule has 2 N–H and O–H groups in total. The van der Waals surface area contributed by atoms with Crippen LogP contribution in [0.2, 0.25) is 0 Å². The van der Waals surface area contributed by atoms with Crippen LogP contribution in [0.3, 0.4) is 0 Å². The molecule has 1 saturated heterocycles. The molecule has 1 fully saturated rings. The minimum atomic E-state index is -0.504. The van der Waals surface area contributed by atoms with Gasteiger partial charge in [-0.1, -0.05) is 84.9 Å². The first-order valence-corrected chi connectivity index (χ1v) is 15.7. The largest absolute Gasteiger partial charge is 0.392 e. The molecule has 6 nitrogen and oxygen atoms in total. The Morgan fingerprint density at radius 2 is 1.61 bits per heavy atom. The summed E-state index contributed by atoms with van der Waals surface area (Å²) < 4.78 is 13.0. The van der Waals surface area contributed by atoms with Crippen molar-refractivity contribution in [1.82, 2.24) is 10.3 Å². The van der Waals surface area contributed by atoms with Crippen LogP contribution in [0.25, 0.3) is 11.1 Å². The Balaban J connectivity index is 1.15. The maximum absolute atomic E-state index is 12.5. The molecular weight excluding hydrogens is 568 g/mol. The molecular formula is C37H34N2O4S. The van der Waals surface area contributed by atoms with Gasteiger partial charge in [0.2, 0.25) is 0 Å². The van der Waals surface area contributed by atoms with Crippen molar-refractivity contribution in [1.29, 1.82) is 0 Å². The summed E-state index contributed by atoms with van der Waals surface area (Å²) >= 11 is 1.79. The lowest BCUT2D eigenvalue weighted by molar-refractivity contribution is -0.245. The third-order valence-corrected chi connectivity index (χ3v) is 8.76. The summed E-state index contributed by atoms with van der Waals surface area (Å²) in [5.74, 6) is 0.667. The second-order valence-corrected chi connectivity index (χ2v) is 11.8. The number of carbonyl (C=O) groups is 1. The molecule has 6 rings (SSSR count). The van der Waals surface area contributed by atoms with Gasteiger partial charge in [-0.15, -0.1) is 11.8 Å². The van der Waals surface area contributed by atoms with Crippen LogP contribution in [0.5, 0.6) is 0 Å². The van der Waals surface area contributed by atoms with Crippen LogP contribution in [0.15, 0.2) is 133 Å². The number of thioether (sulfide) groups is 1. The highest BCUT2D eigenvalue weighted by Gasteiger charge is 2.32. The summed E-state index contributed by atoms with van der Waals surface area (Å²) in [6.07, 6.45) is 3.33. The predicted molar refractivity (Wildman–Crippen MR) is 173 cm³/mol. The SMILES string of the molecule is O=C(NCc1cccc(-c2ccc(C3OC(CSc4ccccc4)CC(c4ccc(CO)cc4)O3)cc2)c1)c1cccnc1. The second kappa shape index (κ2) is 14.5. The van der Waals surface area contributed by atoms with E-state index in [1.165, 1.54) is 4.90 Å². The molecule has 0 saturated carbocycles. The fraction of sp³-hybridized carbons (Fsp3) is 0.189. The van der Waals surface area contributed by atoms with Crippen LogP contribution in [0.4, 0.5) is 0 Å². The number of hydrogen-bond donors (Lipinski definition) is 2. The molecule has 2 heterocycles. The molecule has 0 radical (unpaired) electrons. The number of hydrogen-bond acceptors (Lipinski definition) is 6. The zero-order valence-electron chi connectivity index (χ0n) is 24.2. The highest BCUT2D eigenvalue weighted by molar-refractivity contribution is 7.99. The number of aliphatic hydroxyl groups is 1. The van der Waals surface area contributed by atoms with E-state index >= 15 is 0 Å². The summed E-state index contributed by atoms with van der Waals surface area (Å²) in [6.45, 7) is 0.440. The standard InChI is InChI=1S/C37H34N2O4S/c40-24-26-11-13-29(14-12-26)35-21-33(25-44-34-9-2-1-3-10-34)42-37(43-35)30-17-15-28(16-18-30)31-7-4-6-27(20-31)22-39-36(41)32-8-5-19-38-23-32/h1-20,23,33,35,37,40H,21-22,24-25H2,(H,39,41). The van der Waals surface area contributed by atoms with Gasteiger partial charge < -0.3 is 19.9 Å².